The second-order valence-corrected chi connectivity index (χ2v) is 6.42. The average Bonchev–Trinajstić information content (AvgIpc) is 2.67. The van der Waals surface area contributed by atoms with E-state index in [1.165, 1.54) is 11.3 Å². The van der Waals surface area contributed by atoms with Crippen molar-refractivity contribution in [2.45, 2.75) is 59.0 Å². The van der Waals surface area contributed by atoms with E-state index in [-0.39, 0.29) is 16.3 Å². The summed E-state index contributed by atoms with van der Waals surface area (Å²) in [6.07, 6.45) is 1.96. The Balaban J connectivity index is 2.50. The van der Waals surface area contributed by atoms with E-state index in [1.807, 2.05) is 27.7 Å². The van der Waals surface area contributed by atoms with Crippen LogP contribution in [0.2, 0.25) is 0 Å². The molecule has 0 bridgehead atoms. The lowest BCUT2D eigenvalue weighted by Crippen LogP contribution is -2.49. The first-order valence-electron chi connectivity index (χ1n) is 7.05. The molecule has 1 rings (SSSR count). The molecule has 20 heavy (non-hydrogen) atoms. The van der Waals surface area contributed by atoms with E-state index in [0.717, 1.165) is 23.4 Å². The van der Waals surface area contributed by atoms with Gasteiger partial charge in [0.05, 0.1) is 0 Å². The van der Waals surface area contributed by atoms with Gasteiger partial charge in [-0.05, 0) is 26.7 Å². The minimum atomic E-state index is -0.332. The highest BCUT2D eigenvalue weighted by Gasteiger charge is 2.20. The molecule has 114 valence electrons. The first kappa shape index (κ1) is 16.9. The molecule has 6 heteroatoms. The van der Waals surface area contributed by atoms with E-state index in [1.54, 1.807) is 4.57 Å². The molecule has 1 amide bonds. The molecule has 0 aliphatic carbocycles. The molecule has 0 spiro atoms. The summed E-state index contributed by atoms with van der Waals surface area (Å²) >= 11 is 1.23. The van der Waals surface area contributed by atoms with E-state index in [9.17, 15) is 9.59 Å². The van der Waals surface area contributed by atoms with E-state index in [4.69, 9.17) is 5.73 Å². The Labute approximate surface area is 124 Å². The zero-order valence-corrected chi connectivity index (χ0v) is 13.6. The van der Waals surface area contributed by atoms with Gasteiger partial charge in [0, 0.05) is 35.6 Å². The largest absolute Gasteiger partial charge is 0.354 e. The maximum absolute atomic E-state index is 11.8. The standard InChI is InChI=1S/C14H25N3O2S/c1-5-14(15,6-2)9-16-12(18)7-8-17-10(3)11(4)20-13(17)19/h5-9,15H2,1-4H3,(H,16,18). The molecule has 0 aliphatic heterocycles. The summed E-state index contributed by atoms with van der Waals surface area (Å²) in [5.41, 5.74) is 6.75. The lowest BCUT2D eigenvalue weighted by atomic mass is 9.94. The van der Waals surface area contributed by atoms with Crippen LogP contribution in [0.3, 0.4) is 0 Å². The SMILES string of the molecule is CCC(N)(CC)CNC(=O)CCn1c(C)c(C)sc1=O. The highest BCUT2D eigenvalue weighted by Crippen LogP contribution is 2.11. The number of hydrogen-bond donors (Lipinski definition) is 2. The van der Waals surface area contributed by atoms with E-state index >= 15 is 0 Å². The number of amides is 1. The predicted octanol–water partition coefficient (Wildman–Crippen LogP) is 1.55. The Morgan fingerprint density at radius 2 is 1.95 bits per heavy atom. The molecule has 0 saturated carbocycles. The van der Waals surface area contributed by atoms with Gasteiger partial charge in [-0.1, -0.05) is 25.2 Å². The van der Waals surface area contributed by atoms with Crippen LogP contribution in [-0.4, -0.2) is 22.6 Å². The van der Waals surface area contributed by atoms with Crippen molar-refractivity contribution in [3.63, 3.8) is 0 Å². The minimum absolute atomic E-state index is 0.00286. The van der Waals surface area contributed by atoms with E-state index in [0.29, 0.717) is 19.5 Å². The topological polar surface area (TPSA) is 77.1 Å². The lowest BCUT2D eigenvalue weighted by molar-refractivity contribution is -0.121. The van der Waals surface area contributed by atoms with Crippen molar-refractivity contribution in [1.82, 2.24) is 9.88 Å². The van der Waals surface area contributed by atoms with Gasteiger partial charge in [-0.2, -0.15) is 0 Å². The van der Waals surface area contributed by atoms with Gasteiger partial charge < -0.3 is 15.6 Å². The fourth-order valence-corrected chi connectivity index (χ4v) is 2.78. The van der Waals surface area contributed by atoms with Crippen LogP contribution in [0.25, 0.3) is 0 Å². The third-order valence-electron chi connectivity index (χ3n) is 3.98. The fraction of sp³-hybridized carbons (Fsp3) is 0.714. The molecule has 1 aromatic heterocycles. The van der Waals surface area contributed by atoms with Crippen molar-refractivity contribution in [3.05, 3.63) is 20.2 Å². The maximum atomic E-state index is 11.8. The van der Waals surface area contributed by atoms with Gasteiger partial charge >= 0.3 is 4.87 Å². The van der Waals surface area contributed by atoms with Crippen LogP contribution in [0.5, 0.6) is 0 Å². The summed E-state index contributed by atoms with van der Waals surface area (Å²) in [5.74, 6) is -0.0584. The smallest absolute Gasteiger partial charge is 0.307 e. The molecular formula is C14H25N3O2S. The van der Waals surface area contributed by atoms with Gasteiger partial charge in [0.25, 0.3) is 0 Å². The molecule has 0 aliphatic rings. The van der Waals surface area contributed by atoms with Crippen molar-refractivity contribution in [2.24, 2.45) is 5.73 Å². The Bertz CT molecular complexity index is 515. The number of carbonyl (C=O) groups is 1. The van der Waals surface area contributed by atoms with E-state index in [2.05, 4.69) is 5.32 Å². The van der Waals surface area contributed by atoms with Gasteiger partial charge in [0.2, 0.25) is 5.91 Å². The van der Waals surface area contributed by atoms with Crippen molar-refractivity contribution < 1.29 is 4.79 Å². The van der Waals surface area contributed by atoms with Crippen LogP contribution < -0.4 is 15.9 Å². The number of carbonyl (C=O) groups excluding carboxylic acids is 1. The molecule has 1 aromatic rings. The molecule has 0 unspecified atom stereocenters. The van der Waals surface area contributed by atoms with Crippen LogP contribution in [0.4, 0.5) is 0 Å². The molecule has 0 aromatic carbocycles. The molecule has 5 nitrogen and oxygen atoms in total. The molecular weight excluding hydrogens is 274 g/mol. The zero-order chi connectivity index (χ0) is 15.3. The van der Waals surface area contributed by atoms with Crippen molar-refractivity contribution in [1.29, 1.82) is 0 Å². The average molecular weight is 299 g/mol. The quantitative estimate of drug-likeness (QED) is 0.802. The number of nitrogens with two attached hydrogens (primary N) is 1. The van der Waals surface area contributed by atoms with Crippen LogP contribution in [-0.2, 0) is 11.3 Å². The van der Waals surface area contributed by atoms with Crippen LogP contribution in [0.1, 0.15) is 43.7 Å². The van der Waals surface area contributed by atoms with Crippen molar-refractivity contribution in [3.8, 4) is 0 Å². The number of nitrogens with zero attached hydrogens (tertiary/aromatic N) is 1. The highest BCUT2D eigenvalue weighted by atomic mass is 32.1. The second-order valence-electron chi connectivity index (χ2n) is 5.26. The second kappa shape index (κ2) is 7.04. The zero-order valence-electron chi connectivity index (χ0n) is 12.8. The summed E-state index contributed by atoms with van der Waals surface area (Å²) in [4.78, 5) is 24.6. The monoisotopic (exact) mass is 299 g/mol. The van der Waals surface area contributed by atoms with Crippen LogP contribution in [0.15, 0.2) is 4.79 Å². The number of aromatic nitrogens is 1. The molecule has 0 fully saturated rings. The first-order chi connectivity index (χ1) is 9.33. The number of hydrogen-bond acceptors (Lipinski definition) is 4. The normalized spacial score (nSPS) is 11.7. The van der Waals surface area contributed by atoms with Gasteiger partial charge in [0.1, 0.15) is 0 Å². The summed E-state index contributed by atoms with van der Waals surface area (Å²) in [6.45, 7) is 8.78. The summed E-state index contributed by atoms with van der Waals surface area (Å²) < 4.78 is 1.66. The fourth-order valence-electron chi connectivity index (χ4n) is 1.92. The van der Waals surface area contributed by atoms with Crippen LogP contribution >= 0.6 is 11.3 Å². The van der Waals surface area contributed by atoms with Crippen molar-refractivity contribution in [2.75, 3.05) is 6.54 Å². The molecule has 0 atom stereocenters. The Morgan fingerprint density at radius 3 is 2.40 bits per heavy atom. The number of nitrogens with one attached hydrogen (secondary N) is 1. The Kier molecular flexibility index (Phi) is 5.95. The number of rotatable bonds is 7. The van der Waals surface area contributed by atoms with Gasteiger partial charge in [-0.15, -0.1) is 0 Å². The van der Waals surface area contributed by atoms with Gasteiger partial charge in [-0.25, -0.2) is 0 Å². The molecule has 1 heterocycles. The third-order valence-corrected chi connectivity index (χ3v) is 4.98. The Hall–Kier alpha value is -1.14. The third kappa shape index (κ3) is 4.18. The number of thiazole rings is 1. The van der Waals surface area contributed by atoms with E-state index < -0.39 is 0 Å². The Morgan fingerprint density at radius 1 is 1.35 bits per heavy atom. The highest BCUT2D eigenvalue weighted by molar-refractivity contribution is 7.09. The predicted molar refractivity (Wildman–Crippen MR) is 83.2 cm³/mol. The molecule has 0 saturated heterocycles. The first-order valence-corrected chi connectivity index (χ1v) is 7.87. The summed E-state index contributed by atoms with van der Waals surface area (Å²) in [6, 6.07) is 0. The molecule has 0 radical (unpaired) electrons. The lowest BCUT2D eigenvalue weighted by Gasteiger charge is -2.26. The number of aryl methyl sites for hydroxylation is 1. The summed E-state index contributed by atoms with van der Waals surface area (Å²) in [5, 5.41) is 2.87. The minimum Gasteiger partial charge on any atom is -0.354 e. The summed E-state index contributed by atoms with van der Waals surface area (Å²) in [7, 11) is 0. The van der Waals surface area contributed by atoms with Gasteiger partial charge in [-0.3, -0.25) is 9.59 Å². The molecule has 3 N–H and O–H groups in total. The van der Waals surface area contributed by atoms with Crippen LogP contribution in [0, 0.1) is 13.8 Å². The maximum Gasteiger partial charge on any atom is 0.307 e. The van der Waals surface area contributed by atoms with Crippen molar-refractivity contribution >= 4 is 17.2 Å². The van der Waals surface area contributed by atoms with Gasteiger partial charge in [0.15, 0.2) is 0 Å².